The Labute approximate surface area is 178 Å². The molecule has 1 fully saturated rings. The SMILES string of the molecule is CCOCC(CCC(Br)(CC(C)C)CC(C)C)(COCC)C1CCCCC1. The molecule has 1 aliphatic carbocycles. The van der Waals surface area contributed by atoms with E-state index >= 15 is 0 Å². The fourth-order valence-electron chi connectivity index (χ4n) is 5.18. The summed E-state index contributed by atoms with van der Waals surface area (Å²) >= 11 is 4.22. The molecule has 1 saturated carbocycles. The summed E-state index contributed by atoms with van der Waals surface area (Å²) in [5.74, 6) is 2.18. The van der Waals surface area contributed by atoms with Gasteiger partial charge in [0.25, 0.3) is 0 Å². The normalized spacial score (nSPS) is 17.2. The van der Waals surface area contributed by atoms with Gasteiger partial charge in [-0.15, -0.1) is 0 Å². The molecule has 0 aromatic heterocycles. The van der Waals surface area contributed by atoms with Crippen LogP contribution < -0.4 is 0 Å². The Hall–Kier alpha value is 0.400. The first kappa shape index (κ1) is 25.4. The van der Waals surface area contributed by atoms with E-state index in [1.54, 1.807) is 0 Å². The van der Waals surface area contributed by atoms with Crippen molar-refractivity contribution < 1.29 is 9.47 Å². The van der Waals surface area contributed by atoms with Gasteiger partial charge in [-0.1, -0.05) is 62.9 Å². The first-order valence-corrected chi connectivity index (χ1v) is 12.4. The van der Waals surface area contributed by atoms with Crippen molar-refractivity contribution in [2.75, 3.05) is 26.4 Å². The van der Waals surface area contributed by atoms with Crippen molar-refractivity contribution in [2.45, 2.75) is 104 Å². The third-order valence-corrected chi connectivity index (χ3v) is 7.32. The maximum Gasteiger partial charge on any atom is 0.0547 e. The zero-order valence-electron chi connectivity index (χ0n) is 19.1. The Morgan fingerprint density at radius 2 is 1.30 bits per heavy atom. The average molecular weight is 448 g/mol. The second-order valence-corrected chi connectivity index (χ2v) is 11.5. The van der Waals surface area contributed by atoms with Crippen LogP contribution in [0.2, 0.25) is 0 Å². The molecule has 0 aromatic rings. The molecule has 0 bridgehead atoms. The van der Waals surface area contributed by atoms with Gasteiger partial charge in [0.05, 0.1) is 13.2 Å². The van der Waals surface area contributed by atoms with Gasteiger partial charge in [0, 0.05) is 23.0 Å². The van der Waals surface area contributed by atoms with Crippen LogP contribution in [-0.4, -0.2) is 30.8 Å². The van der Waals surface area contributed by atoms with Crippen LogP contribution in [0.5, 0.6) is 0 Å². The Morgan fingerprint density at radius 1 is 0.815 bits per heavy atom. The van der Waals surface area contributed by atoms with Gasteiger partial charge in [0.15, 0.2) is 0 Å². The average Bonchev–Trinajstić information content (AvgIpc) is 2.61. The van der Waals surface area contributed by atoms with Gasteiger partial charge >= 0.3 is 0 Å². The maximum absolute atomic E-state index is 6.08. The molecule has 0 saturated heterocycles. The minimum Gasteiger partial charge on any atom is -0.381 e. The van der Waals surface area contributed by atoms with Crippen LogP contribution in [-0.2, 0) is 9.47 Å². The summed E-state index contributed by atoms with van der Waals surface area (Å²) < 4.78 is 12.4. The van der Waals surface area contributed by atoms with Gasteiger partial charge in [0.2, 0.25) is 0 Å². The first-order chi connectivity index (χ1) is 12.8. The van der Waals surface area contributed by atoms with E-state index in [9.17, 15) is 0 Å². The lowest BCUT2D eigenvalue weighted by atomic mass is 9.66. The summed E-state index contributed by atoms with van der Waals surface area (Å²) in [5.41, 5.74) is 0.180. The summed E-state index contributed by atoms with van der Waals surface area (Å²) in [6.45, 7) is 17.0. The summed E-state index contributed by atoms with van der Waals surface area (Å²) in [5, 5.41) is 0. The number of hydrogen-bond donors (Lipinski definition) is 0. The van der Waals surface area contributed by atoms with E-state index in [1.165, 1.54) is 57.8 Å². The summed E-state index contributed by atoms with van der Waals surface area (Å²) in [4.78, 5) is 0. The number of rotatable bonds is 14. The van der Waals surface area contributed by atoms with E-state index in [1.807, 2.05) is 0 Å². The lowest BCUT2D eigenvalue weighted by Gasteiger charge is -2.44. The third-order valence-electron chi connectivity index (χ3n) is 6.28. The van der Waals surface area contributed by atoms with Crippen molar-refractivity contribution in [1.29, 1.82) is 0 Å². The smallest absolute Gasteiger partial charge is 0.0547 e. The fourth-order valence-corrected chi connectivity index (χ4v) is 6.67. The zero-order valence-corrected chi connectivity index (χ0v) is 20.7. The molecule has 0 radical (unpaired) electrons. The summed E-state index contributed by atoms with van der Waals surface area (Å²) in [7, 11) is 0. The van der Waals surface area contributed by atoms with Crippen LogP contribution in [0.1, 0.15) is 99.3 Å². The number of halogens is 1. The van der Waals surface area contributed by atoms with Gasteiger partial charge in [-0.2, -0.15) is 0 Å². The predicted octanol–water partition coefficient (Wildman–Crippen LogP) is 7.63. The molecule has 0 aromatic carbocycles. The van der Waals surface area contributed by atoms with Crippen molar-refractivity contribution in [3.63, 3.8) is 0 Å². The minimum absolute atomic E-state index is 0.180. The van der Waals surface area contributed by atoms with Crippen LogP contribution in [0.25, 0.3) is 0 Å². The van der Waals surface area contributed by atoms with E-state index in [-0.39, 0.29) is 9.74 Å². The van der Waals surface area contributed by atoms with Crippen LogP contribution >= 0.6 is 15.9 Å². The van der Waals surface area contributed by atoms with E-state index in [0.29, 0.717) is 11.8 Å². The van der Waals surface area contributed by atoms with E-state index in [2.05, 4.69) is 57.5 Å². The molecule has 0 heterocycles. The molecule has 0 amide bonds. The minimum atomic E-state index is 0.180. The van der Waals surface area contributed by atoms with Crippen LogP contribution in [0.15, 0.2) is 0 Å². The monoisotopic (exact) mass is 446 g/mol. The van der Waals surface area contributed by atoms with Crippen LogP contribution in [0.4, 0.5) is 0 Å². The highest BCUT2D eigenvalue weighted by atomic mass is 79.9. The number of alkyl halides is 1. The highest BCUT2D eigenvalue weighted by molar-refractivity contribution is 9.10. The Morgan fingerprint density at radius 3 is 1.70 bits per heavy atom. The third kappa shape index (κ3) is 9.17. The molecule has 3 heteroatoms. The van der Waals surface area contributed by atoms with Crippen molar-refractivity contribution in [2.24, 2.45) is 23.2 Å². The zero-order chi connectivity index (χ0) is 20.3. The highest BCUT2D eigenvalue weighted by Crippen LogP contribution is 2.47. The Balaban J connectivity index is 2.99. The molecule has 1 aliphatic rings. The quantitative estimate of drug-likeness (QED) is 0.255. The van der Waals surface area contributed by atoms with Crippen molar-refractivity contribution >= 4 is 15.9 Å². The highest BCUT2D eigenvalue weighted by Gasteiger charge is 2.42. The summed E-state index contributed by atoms with van der Waals surface area (Å²) in [6.07, 6.45) is 11.8. The molecule has 2 nitrogen and oxygen atoms in total. The van der Waals surface area contributed by atoms with E-state index in [0.717, 1.165) is 32.3 Å². The molecule has 1 rings (SSSR count). The largest absolute Gasteiger partial charge is 0.381 e. The standard InChI is InChI=1S/C24H47BrO2/c1-7-26-18-23(19-27-8-2,22-12-10-9-11-13-22)14-15-24(25,16-20(3)4)17-21(5)6/h20-22H,7-19H2,1-6H3. The van der Waals surface area contributed by atoms with Crippen molar-refractivity contribution in [3.05, 3.63) is 0 Å². The van der Waals surface area contributed by atoms with Gasteiger partial charge in [-0.3, -0.25) is 0 Å². The molecular formula is C24H47BrO2. The van der Waals surface area contributed by atoms with Gasteiger partial charge < -0.3 is 9.47 Å². The Bertz CT molecular complexity index is 357. The summed E-state index contributed by atoms with van der Waals surface area (Å²) in [6, 6.07) is 0. The van der Waals surface area contributed by atoms with Gasteiger partial charge in [-0.25, -0.2) is 0 Å². The molecule has 27 heavy (non-hydrogen) atoms. The van der Waals surface area contributed by atoms with Gasteiger partial charge in [-0.05, 0) is 70.1 Å². The molecule has 0 unspecified atom stereocenters. The maximum atomic E-state index is 6.08. The first-order valence-electron chi connectivity index (χ1n) is 11.6. The number of hydrogen-bond acceptors (Lipinski definition) is 2. The predicted molar refractivity (Wildman–Crippen MR) is 122 cm³/mol. The lowest BCUT2D eigenvalue weighted by molar-refractivity contribution is -0.0677. The second kappa shape index (κ2) is 12.9. The fraction of sp³-hybridized carbons (Fsp3) is 1.00. The molecular weight excluding hydrogens is 400 g/mol. The molecule has 0 aliphatic heterocycles. The molecule has 0 spiro atoms. The van der Waals surface area contributed by atoms with Crippen LogP contribution in [0.3, 0.4) is 0 Å². The Kier molecular flexibility index (Phi) is 12.1. The number of ether oxygens (including phenoxy) is 2. The lowest BCUT2D eigenvalue weighted by Crippen LogP contribution is -2.42. The molecule has 0 N–H and O–H groups in total. The van der Waals surface area contributed by atoms with E-state index < -0.39 is 0 Å². The molecule has 162 valence electrons. The van der Waals surface area contributed by atoms with Crippen molar-refractivity contribution in [3.8, 4) is 0 Å². The molecule has 0 atom stereocenters. The van der Waals surface area contributed by atoms with Crippen molar-refractivity contribution in [1.82, 2.24) is 0 Å². The van der Waals surface area contributed by atoms with Gasteiger partial charge in [0.1, 0.15) is 0 Å². The topological polar surface area (TPSA) is 18.5 Å². The van der Waals surface area contributed by atoms with E-state index in [4.69, 9.17) is 9.47 Å². The van der Waals surface area contributed by atoms with Crippen LogP contribution in [0, 0.1) is 23.2 Å². The second-order valence-electron chi connectivity index (χ2n) is 9.82.